The fourth-order valence-electron chi connectivity index (χ4n) is 1.22. The zero-order valence-electron chi connectivity index (χ0n) is 7.43. The van der Waals surface area contributed by atoms with Crippen LogP contribution < -0.4 is 5.73 Å². The van der Waals surface area contributed by atoms with Crippen LogP contribution in [-0.2, 0) is 0 Å². The Morgan fingerprint density at radius 3 is 2.53 bits per heavy atom. The van der Waals surface area contributed by atoms with E-state index in [2.05, 4.69) is 15.9 Å². The molecule has 1 aromatic carbocycles. The number of hydrogen-bond acceptors (Lipinski definition) is 2. The van der Waals surface area contributed by atoms with Gasteiger partial charge < -0.3 is 5.73 Å². The predicted octanol–water partition coefficient (Wildman–Crippen LogP) is 4.04. The number of thiophene rings is 1. The monoisotopic (exact) mass is 289 g/mol. The number of anilines is 1. The molecule has 0 saturated carbocycles. The van der Waals surface area contributed by atoms with Crippen molar-refractivity contribution in [3.63, 3.8) is 0 Å². The summed E-state index contributed by atoms with van der Waals surface area (Å²) in [5.41, 5.74) is 5.31. The van der Waals surface area contributed by atoms with Crippen molar-refractivity contribution in [2.45, 2.75) is 0 Å². The van der Waals surface area contributed by atoms with Crippen molar-refractivity contribution in [3.05, 3.63) is 39.7 Å². The molecule has 0 bridgehead atoms. The number of rotatable bonds is 1. The van der Waals surface area contributed by atoms with Crippen LogP contribution in [-0.4, -0.2) is 0 Å². The lowest BCUT2D eigenvalue weighted by atomic mass is 10.1. The fraction of sp³-hybridized carbons (Fsp3) is 0. The predicted molar refractivity (Wildman–Crippen MR) is 61.8 cm³/mol. The summed E-state index contributed by atoms with van der Waals surface area (Å²) in [6.07, 6.45) is 0. The van der Waals surface area contributed by atoms with E-state index in [-0.39, 0.29) is 11.3 Å². The maximum absolute atomic E-state index is 13.5. The standard InChI is InChI=1S/C10H6BrF2NS/c11-6-1-2-15-10(6)5-3-8(13)9(14)4-7(5)12/h1-4H,14H2. The highest BCUT2D eigenvalue weighted by molar-refractivity contribution is 9.10. The first-order valence-electron chi connectivity index (χ1n) is 4.07. The van der Waals surface area contributed by atoms with E-state index < -0.39 is 11.6 Å². The summed E-state index contributed by atoms with van der Waals surface area (Å²) in [4.78, 5) is 0.659. The van der Waals surface area contributed by atoms with Crippen molar-refractivity contribution < 1.29 is 8.78 Å². The van der Waals surface area contributed by atoms with Gasteiger partial charge in [0.1, 0.15) is 11.6 Å². The molecule has 15 heavy (non-hydrogen) atoms. The second-order valence-corrected chi connectivity index (χ2v) is 4.72. The minimum atomic E-state index is -0.605. The van der Waals surface area contributed by atoms with Crippen molar-refractivity contribution in [1.29, 1.82) is 0 Å². The van der Waals surface area contributed by atoms with Gasteiger partial charge in [-0.25, -0.2) is 8.78 Å². The second-order valence-electron chi connectivity index (χ2n) is 2.95. The van der Waals surface area contributed by atoms with Gasteiger partial charge in [0.2, 0.25) is 0 Å². The Hall–Kier alpha value is -0.940. The number of halogens is 3. The highest BCUT2D eigenvalue weighted by atomic mass is 79.9. The zero-order chi connectivity index (χ0) is 11.0. The molecule has 0 aliphatic rings. The van der Waals surface area contributed by atoms with Gasteiger partial charge in [0.25, 0.3) is 0 Å². The topological polar surface area (TPSA) is 26.0 Å². The van der Waals surface area contributed by atoms with Gasteiger partial charge >= 0.3 is 0 Å². The minimum absolute atomic E-state index is 0.177. The smallest absolute Gasteiger partial charge is 0.146 e. The van der Waals surface area contributed by atoms with Crippen LogP contribution in [0.25, 0.3) is 10.4 Å². The van der Waals surface area contributed by atoms with Crippen LogP contribution in [0.2, 0.25) is 0 Å². The molecule has 1 heterocycles. The van der Waals surface area contributed by atoms with Crippen molar-refractivity contribution >= 4 is 33.0 Å². The van der Waals surface area contributed by atoms with Gasteiger partial charge in [-0.3, -0.25) is 0 Å². The van der Waals surface area contributed by atoms with Crippen LogP contribution in [0.15, 0.2) is 28.1 Å². The van der Waals surface area contributed by atoms with Gasteiger partial charge in [-0.15, -0.1) is 11.3 Å². The molecule has 2 aromatic rings. The lowest BCUT2D eigenvalue weighted by Crippen LogP contribution is -1.93. The quantitative estimate of drug-likeness (QED) is 0.788. The first-order chi connectivity index (χ1) is 7.09. The van der Waals surface area contributed by atoms with Crippen LogP contribution >= 0.6 is 27.3 Å². The first-order valence-corrected chi connectivity index (χ1v) is 5.74. The molecular weight excluding hydrogens is 284 g/mol. The molecule has 78 valence electrons. The van der Waals surface area contributed by atoms with Crippen LogP contribution in [0.5, 0.6) is 0 Å². The number of benzene rings is 1. The van der Waals surface area contributed by atoms with Gasteiger partial charge in [0, 0.05) is 16.1 Å². The summed E-state index contributed by atoms with van der Waals surface area (Å²) in [6, 6.07) is 3.89. The lowest BCUT2D eigenvalue weighted by molar-refractivity contribution is 0.607. The average Bonchev–Trinajstić information content (AvgIpc) is 2.58. The van der Waals surface area contributed by atoms with Gasteiger partial charge in [-0.1, -0.05) is 0 Å². The Balaban J connectivity index is 2.64. The van der Waals surface area contributed by atoms with E-state index in [4.69, 9.17) is 5.73 Å². The van der Waals surface area contributed by atoms with Crippen LogP contribution in [0.3, 0.4) is 0 Å². The maximum atomic E-state index is 13.5. The number of nitrogen functional groups attached to an aromatic ring is 1. The van der Waals surface area contributed by atoms with E-state index in [9.17, 15) is 8.78 Å². The Bertz CT molecular complexity index is 510. The van der Waals surface area contributed by atoms with Crippen molar-refractivity contribution in [2.75, 3.05) is 5.73 Å². The van der Waals surface area contributed by atoms with Crippen LogP contribution in [0.1, 0.15) is 0 Å². The Morgan fingerprint density at radius 2 is 1.93 bits per heavy atom. The molecule has 2 rings (SSSR count). The molecule has 5 heteroatoms. The number of nitrogens with two attached hydrogens (primary N) is 1. The van der Waals surface area contributed by atoms with Crippen molar-refractivity contribution in [1.82, 2.24) is 0 Å². The third-order valence-electron chi connectivity index (χ3n) is 1.95. The summed E-state index contributed by atoms with van der Waals surface area (Å²) in [6.45, 7) is 0. The molecule has 0 radical (unpaired) electrons. The zero-order valence-corrected chi connectivity index (χ0v) is 9.83. The molecular formula is C10H6BrF2NS. The number of hydrogen-bond donors (Lipinski definition) is 1. The summed E-state index contributed by atoms with van der Waals surface area (Å²) in [5.74, 6) is -1.12. The third-order valence-corrected chi connectivity index (χ3v) is 3.82. The van der Waals surface area contributed by atoms with E-state index >= 15 is 0 Å². The van der Waals surface area contributed by atoms with Gasteiger partial charge in [-0.05, 0) is 33.4 Å². The van der Waals surface area contributed by atoms with Crippen molar-refractivity contribution in [2.24, 2.45) is 0 Å². The molecule has 1 nitrogen and oxygen atoms in total. The summed E-state index contributed by atoms with van der Waals surface area (Å²) in [5, 5.41) is 1.80. The van der Waals surface area contributed by atoms with E-state index in [0.717, 1.165) is 16.6 Å². The molecule has 0 spiro atoms. The summed E-state index contributed by atoms with van der Waals surface area (Å²) >= 11 is 4.61. The highest BCUT2D eigenvalue weighted by Crippen LogP contribution is 2.36. The normalized spacial score (nSPS) is 10.6. The first kappa shape index (κ1) is 10.6. The Kier molecular flexibility index (Phi) is 2.75. The maximum Gasteiger partial charge on any atom is 0.146 e. The van der Waals surface area contributed by atoms with E-state index in [1.807, 2.05) is 0 Å². The molecule has 1 aromatic heterocycles. The second kappa shape index (κ2) is 3.90. The average molecular weight is 290 g/mol. The molecule has 2 N–H and O–H groups in total. The van der Waals surface area contributed by atoms with Gasteiger partial charge in [0.15, 0.2) is 0 Å². The van der Waals surface area contributed by atoms with Crippen molar-refractivity contribution in [3.8, 4) is 10.4 Å². The van der Waals surface area contributed by atoms with Gasteiger partial charge in [-0.2, -0.15) is 0 Å². The molecule has 0 saturated heterocycles. The highest BCUT2D eigenvalue weighted by Gasteiger charge is 2.13. The van der Waals surface area contributed by atoms with E-state index in [1.54, 1.807) is 11.4 Å². The summed E-state index contributed by atoms with van der Waals surface area (Å²) in [7, 11) is 0. The summed E-state index contributed by atoms with van der Waals surface area (Å²) < 4.78 is 27.4. The van der Waals surface area contributed by atoms with Crippen LogP contribution in [0.4, 0.5) is 14.5 Å². The van der Waals surface area contributed by atoms with Crippen LogP contribution in [0, 0.1) is 11.6 Å². The minimum Gasteiger partial charge on any atom is -0.396 e. The SMILES string of the molecule is Nc1cc(F)c(-c2sccc2Br)cc1F. The molecule has 0 fully saturated rings. The molecule has 0 unspecified atom stereocenters. The van der Waals surface area contributed by atoms with Gasteiger partial charge in [0.05, 0.1) is 10.6 Å². The Labute approximate surface area is 97.7 Å². The molecule has 0 amide bonds. The van der Waals surface area contributed by atoms with E-state index in [1.165, 1.54) is 11.3 Å². The fourth-order valence-corrected chi connectivity index (χ4v) is 2.83. The lowest BCUT2D eigenvalue weighted by Gasteiger charge is -2.03. The third kappa shape index (κ3) is 1.89. The molecule has 0 aliphatic carbocycles. The largest absolute Gasteiger partial charge is 0.396 e. The van der Waals surface area contributed by atoms with E-state index in [0.29, 0.717) is 4.88 Å². The Morgan fingerprint density at radius 1 is 1.20 bits per heavy atom. The molecule has 0 aliphatic heterocycles. The molecule has 0 atom stereocenters.